The fourth-order valence-electron chi connectivity index (χ4n) is 5.46. The zero-order valence-corrected chi connectivity index (χ0v) is 27.0. The van der Waals surface area contributed by atoms with E-state index in [1.165, 1.54) is 0 Å². The topological polar surface area (TPSA) is 111 Å². The van der Waals surface area contributed by atoms with Crippen molar-refractivity contribution in [3.05, 3.63) is 94.0 Å². The highest BCUT2D eigenvalue weighted by atomic mass is 35.5. The normalized spacial score (nSPS) is 16.8. The number of carbonyl (C=O) groups excluding carboxylic acids is 3. The molecular weight excluding hydrogens is 618 g/mol. The molecule has 1 saturated heterocycles. The van der Waals surface area contributed by atoms with Crippen LogP contribution in [0.3, 0.4) is 0 Å². The summed E-state index contributed by atoms with van der Waals surface area (Å²) in [4.78, 5) is 42.4. The Balaban J connectivity index is 1.47. The highest BCUT2D eigenvalue weighted by Crippen LogP contribution is 2.33. The number of aryl methyl sites for hydroxylation is 2. The first-order valence-corrected chi connectivity index (χ1v) is 15.2. The molecule has 1 aliphatic heterocycles. The first kappa shape index (κ1) is 34.6. The predicted octanol–water partition coefficient (Wildman–Crippen LogP) is 4.04. The molecule has 3 atom stereocenters. The molecular formula is C34H39ClF2N4O5. The van der Waals surface area contributed by atoms with Gasteiger partial charge in [-0.1, -0.05) is 54.1 Å². The minimum Gasteiger partial charge on any atom is -0.483 e. The Labute approximate surface area is 272 Å². The van der Waals surface area contributed by atoms with Gasteiger partial charge >= 0.3 is 0 Å². The standard InChI is InChI=1S/C34H39ClF2N4O5/c1-21-14-25(35)15-22(2)31(21)46-19-29(42)39-27(16-23-8-6-5-7-9-23)30(43)33(45)41-20-34(36,37)17-28(41)32(44)38-18-24-10-12-26(13-11-24)40(3)4/h5-15,27-28,30,43H,16-20H2,1-4H3,(H,38,44)(H,39,42). The number of halogens is 3. The molecule has 3 unspecified atom stereocenters. The van der Waals surface area contributed by atoms with E-state index in [9.17, 15) is 28.3 Å². The predicted molar refractivity (Wildman–Crippen MR) is 172 cm³/mol. The number of aliphatic hydroxyl groups excluding tert-OH is 1. The molecule has 3 amide bonds. The maximum absolute atomic E-state index is 14.7. The first-order valence-electron chi connectivity index (χ1n) is 14.9. The number of hydrogen-bond acceptors (Lipinski definition) is 6. The van der Waals surface area contributed by atoms with Crippen LogP contribution in [0.2, 0.25) is 5.02 Å². The third-order valence-corrected chi connectivity index (χ3v) is 8.04. The molecule has 0 saturated carbocycles. The van der Waals surface area contributed by atoms with E-state index in [1.54, 1.807) is 56.3 Å². The monoisotopic (exact) mass is 656 g/mol. The molecule has 0 bridgehead atoms. The Morgan fingerprint density at radius 3 is 2.28 bits per heavy atom. The zero-order valence-electron chi connectivity index (χ0n) is 26.2. The van der Waals surface area contributed by atoms with Gasteiger partial charge in [-0.3, -0.25) is 14.4 Å². The van der Waals surface area contributed by atoms with Gasteiger partial charge in [-0.05, 0) is 66.8 Å². The van der Waals surface area contributed by atoms with Gasteiger partial charge in [0.2, 0.25) is 5.91 Å². The van der Waals surface area contributed by atoms with Crippen molar-refractivity contribution in [2.24, 2.45) is 0 Å². The average Bonchev–Trinajstić information content (AvgIpc) is 3.34. The van der Waals surface area contributed by atoms with Crippen LogP contribution in [0.4, 0.5) is 14.5 Å². The molecule has 3 aromatic rings. The van der Waals surface area contributed by atoms with Crippen molar-refractivity contribution >= 4 is 35.0 Å². The molecule has 1 fully saturated rings. The summed E-state index contributed by atoms with van der Waals surface area (Å²) in [5.74, 6) is -5.36. The summed E-state index contributed by atoms with van der Waals surface area (Å²) in [5, 5.41) is 17.1. The van der Waals surface area contributed by atoms with E-state index < -0.39 is 61.4 Å². The number of ether oxygens (including phenoxy) is 1. The first-order chi connectivity index (χ1) is 21.7. The third kappa shape index (κ3) is 8.95. The maximum atomic E-state index is 14.7. The van der Waals surface area contributed by atoms with Crippen LogP contribution in [0, 0.1) is 13.8 Å². The van der Waals surface area contributed by atoms with Gasteiger partial charge in [0.1, 0.15) is 11.8 Å². The Morgan fingerprint density at radius 1 is 1.04 bits per heavy atom. The van der Waals surface area contributed by atoms with Crippen LogP contribution in [0.15, 0.2) is 66.7 Å². The number of likely N-dealkylation sites (tertiary alicyclic amines) is 1. The van der Waals surface area contributed by atoms with Crippen LogP contribution in [0.25, 0.3) is 0 Å². The third-order valence-electron chi connectivity index (χ3n) is 7.83. The summed E-state index contributed by atoms with van der Waals surface area (Å²) in [7, 11) is 3.79. The number of alkyl halides is 2. The number of amides is 3. The lowest BCUT2D eigenvalue weighted by Gasteiger charge is -2.30. The SMILES string of the molecule is Cc1cc(Cl)cc(C)c1OCC(=O)NC(Cc1ccccc1)C(O)C(=O)N1CC(F)(F)CC1C(=O)NCc1ccc(N(C)C)cc1. The Kier molecular flexibility index (Phi) is 11.2. The molecule has 3 aromatic carbocycles. The molecule has 0 aromatic heterocycles. The largest absolute Gasteiger partial charge is 0.483 e. The van der Waals surface area contributed by atoms with E-state index in [2.05, 4.69) is 10.6 Å². The van der Waals surface area contributed by atoms with E-state index in [0.717, 1.165) is 22.4 Å². The van der Waals surface area contributed by atoms with Crippen LogP contribution in [-0.4, -0.2) is 79.1 Å². The quantitative estimate of drug-likeness (QED) is 0.272. The second kappa shape index (κ2) is 14.9. The van der Waals surface area contributed by atoms with E-state index in [0.29, 0.717) is 21.2 Å². The summed E-state index contributed by atoms with van der Waals surface area (Å²) in [5.41, 5.74) is 3.83. The summed E-state index contributed by atoms with van der Waals surface area (Å²) >= 11 is 6.08. The van der Waals surface area contributed by atoms with Crippen molar-refractivity contribution in [1.82, 2.24) is 15.5 Å². The summed E-state index contributed by atoms with van der Waals surface area (Å²) in [6.45, 7) is 2.16. The van der Waals surface area contributed by atoms with Gasteiger partial charge in [-0.25, -0.2) is 8.78 Å². The molecule has 4 rings (SSSR count). The Hall–Kier alpha value is -4.22. The number of anilines is 1. The van der Waals surface area contributed by atoms with Gasteiger partial charge in [0, 0.05) is 37.8 Å². The van der Waals surface area contributed by atoms with Gasteiger partial charge in [0.05, 0.1) is 12.6 Å². The van der Waals surface area contributed by atoms with Gasteiger partial charge in [0.25, 0.3) is 17.7 Å². The van der Waals surface area contributed by atoms with Gasteiger partial charge in [-0.15, -0.1) is 0 Å². The number of rotatable bonds is 12. The number of aliphatic hydroxyl groups is 1. The van der Waals surface area contributed by atoms with E-state index >= 15 is 0 Å². The van der Waals surface area contributed by atoms with Crippen LogP contribution in [0.5, 0.6) is 5.75 Å². The van der Waals surface area contributed by atoms with Crippen LogP contribution >= 0.6 is 11.6 Å². The van der Waals surface area contributed by atoms with Crippen LogP contribution in [-0.2, 0) is 27.3 Å². The molecule has 0 radical (unpaired) electrons. The minimum absolute atomic E-state index is 0.0164. The number of hydrogen-bond donors (Lipinski definition) is 3. The molecule has 0 spiro atoms. The van der Waals surface area contributed by atoms with Crippen molar-refractivity contribution < 1.29 is 33.0 Å². The second-order valence-electron chi connectivity index (χ2n) is 11.8. The lowest BCUT2D eigenvalue weighted by molar-refractivity contribution is -0.147. The smallest absolute Gasteiger partial charge is 0.267 e. The van der Waals surface area contributed by atoms with Gasteiger partial charge in [0.15, 0.2) is 12.7 Å². The number of carbonyl (C=O) groups is 3. The Morgan fingerprint density at radius 2 is 1.67 bits per heavy atom. The number of nitrogens with one attached hydrogen (secondary N) is 2. The lowest BCUT2D eigenvalue weighted by atomic mass is 9.99. The maximum Gasteiger partial charge on any atom is 0.267 e. The molecule has 246 valence electrons. The minimum atomic E-state index is -3.34. The highest BCUT2D eigenvalue weighted by molar-refractivity contribution is 6.30. The second-order valence-corrected chi connectivity index (χ2v) is 12.2. The molecule has 12 heteroatoms. The van der Waals surface area contributed by atoms with Crippen molar-refractivity contribution in [2.75, 3.05) is 32.1 Å². The highest BCUT2D eigenvalue weighted by Gasteiger charge is 2.51. The van der Waals surface area contributed by atoms with E-state index in [-0.39, 0.29) is 13.0 Å². The van der Waals surface area contributed by atoms with Gasteiger partial charge in [-0.2, -0.15) is 0 Å². The summed E-state index contributed by atoms with van der Waals surface area (Å²) in [6, 6.07) is 16.8. The zero-order chi connectivity index (χ0) is 33.6. The summed E-state index contributed by atoms with van der Waals surface area (Å²) < 4.78 is 35.1. The number of nitrogens with zero attached hydrogens (tertiary/aromatic N) is 2. The lowest BCUT2D eigenvalue weighted by Crippen LogP contribution is -2.56. The van der Waals surface area contributed by atoms with Gasteiger partial charge < -0.3 is 30.3 Å². The fraction of sp³-hybridized carbons (Fsp3) is 0.382. The molecule has 1 aliphatic rings. The molecule has 0 aliphatic carbocycles. The van der Waals surface area contributed by atoms with E-state index in [1.807, 2.05) is 43.3 Å². The summed E-state index contributed by atoms with van der Waals surface area (Å²) in [6.07, 6.45) is -2.80. The van der Waals surface area contributed by atoms with E-state index in [4.69, 9.17) is 16.3 Å². The molecule has 3 N–H and O–H groups in total. The van der Waals surface area contributed by atoms with Crippen molar-refractivity contribution in [3.63, 3.8) is 0 Å². The van der Waals surface area contributed by atoms with Crippen molar-refractivity contribution in [3.8, 4) is 5.75 Å². The fourth-order valence-corrected chi connectivity index (χ4v) is 5.79. The number of benzene rings is 3. The molecule has 9 nitrogen and oxygen atoms in total. The van der Waals surface area contributed by atoms with Crippen molar-refractivity contribution in [2.45, 2.75) is 57.3 Å². The van der Waals surface area contributed by atoms with Crippen molar-refractivity contribution in [1.29, 1.82) is 0 Å². The van der Waals surface area contributed by atoms with Crippen LogP contribution < -0.4 is 20.3 Å². The van der Waals surface area contributed by atoms with Crippen LogP contribution in [0.1, 0.15) is 28.7 Å². The molecule has 46 heavy (non-hydrogen) atoms. The average molecular weight is 657 g/mol. The Bertz CT molecular complexity index is 1520. The molecule has 1 heterocycles.